The molecule has 0 saturated heterocycles. The summed E-state index contributed by atoms with van der Waals surface area (Å²) in [5.74, 6) is 0. The fourth-order valence-electron chi connectivity index (χ4n) is 1.89. The third-order valence-corrected chi connectivity index (χ3v) is 2.94. The van der Waals surface area contributed by atoms with Gasteiger partial charge >= 0.3 is 6.18 Å². The zero-order valence-electron chi connectivity index (χ0n) is 10.8. The smallest absolute Gasteiger partial charge is 0.313 e. The highest BCUT2D eigenvalue weighted by molar-refractivity contribution is 5.54. The van der Waals surface area contributed by atoms with Crippen LogP contribution in [-0.4, -0.2) is 13.1 Å². The molecule has 0 amide bonds. The molecule has 1 nitrogen and oxygen atoms in total. The molecule has 0 aromatic heterocycles. The van der Waals surface area contributed by atoms with Crippen molar-refractivity contribution < 1.29 is 13.2 Å². The second-order valence-corrected chi connectivity index (χ2v) is 4.26. The summed E-state index contributed by atoms with van der Waals surface area (Å²) in [4.78, 5) is 0. The number of alkyl halides is 3. The van der Waals surface area contributed by atoms with Gasteiger partial charge in [-0.05, 0) is 38.1 Å². The Morgan fingerprint density at radius 1 is 1.28 bits per heavy atom. The second-order valence-electron chi connectivity index (χ2n) is 4.26. The molecule has 0 radical (unpaired) electrons. The molecular weight excluding hydrogens is 239 g/mol. The first-order chi connectivity index (χ1) is 8.38. The van der Waals surface area contributed by atoms with E-state index in [0.717, 1.165) is 29.7 Å². The standard InChI is InChI=1S/C14H18F3N/c1-4-13(18-3)10(2)9-11-5-7-12(8-6-11)14(15,16)17/h5-9,13,18H,4H2,1-3H3/b10-9-. The summed E-state index contributed by atoms with van der Waals surface area (Å²) in [5, 5.41) is 3.16. The van der Waals surface area contributed by atoms with E-state index in [1.807, 2.05) is 20.0 Å². The SMILES string of the molecule is CCC(NC)/C(C)=C\c1ccc(C(F)(F)F)cc1. The molecule has 1 atom stereocenters. The lowest BCUT2D eigenvalue weighted by atomic mass is 10.0. The minimum atomic E-state index is -4.27. The normalized spacial score (nSPS) is 14.7. The van der Waals surface area contributed by atoms with Crippen molar-refractivity contribution >= 4 is 6.08 Å². The van der Waals surface area contributed by atoms with E-state index < -0.39 is 11.7 Å². The van der Waals surface area contributed by atoms with Gasteiger partial charge in [-0.25, -0.2) is 0 Å². The van der Waals surface area contributed by atoms with Gasteiger partial charge in [0, 0.05) is 6.04 Å². The van der Waals surface area contributed by atoms with Gasteiger partial charge in [-0.1, -0.05) is 30.7 Å². The Hall–Kier alpha value is -1.29. The van der Waals surface area contributed by atoms with E-state index in [1.165, 1.54) is 12.1 Å². The van der Waals surface area contributed by atoms with Crippen molar-refractivity contribution in [3.63, 3.8) is 0 Å². The van der Waals surface area contributed by atoms with Gasteiger partial charge in [0.1, 0.15) is 0 Å². The van der Waals surface area contributed by atoms with Crippen molar-refractivity contribution in [1.82, 2.24) is 5.32 Å². The Bertz CT molecular complexity index is 400. The lowest BCUT2D eigenvalue weighted by molar-refractivity contribution is -0.137. The number of likely N-dealkylation sites (N-methyl/N-ethyl adjacent to an activating group) is 1. The van der Waals surface area contributed by atoms with Crippen LogP contribution in [0.15, 0.2) is 29.8 Å². The number of hydrogen-bond donors (Lipinski definition) is 1. The van der Waals surface area contributed by atoms with Crippen molar-refractivity contribution in [2.45, 2.75) is 32.5 Å². The third kappa shape index (κ3) is 3.88. The molecule has 1 unspecified atom stereocenters. The molecule has 0 heterocycles. The van der Waals surface area contributed by atoms with E-state index in [9.17, 15) is 13.2 Å². The minimum Gasteiger partial charge on any atom is -0.313 e. The Morgan fingerprint density at radius 3 is 2.22 bits per heavy atom. The Balaban J connectivity index is 2.89. The van der Waals surface area contributed by atoms with Crippen LogP contribution in [0.3, 0.4) is 0 Å². The van der Waals surface area contributed by atoms with Crippen molar-refractivity contribution in [1.29, 1.82) is 0 Å². The van der Waals surface area contributed by atoms with E-state index in [0.29, 0.717) is 0 Å². The van der Waals surface area contributed by atoms with Crippen LogP contribution < -0.4 is 5.32 Å². The number of halogens is 3. The van der Waals surface area contributed by atoms with Crippen LogP contribution >= 0.6 is 0 Å². The molecule has 1 N–H and O–H groups in total. The maximum atomic E-state index is 12.4. The molecule has 0 fully saturated rings. The number of rotatable bonds is 4. The second kappa shape index (κ2) is 6.05. The van der Waals surface area contributed by atoms with E-state index >= 15 is 0 Å². The fourth-order valence-corrected chi connectivity index (χ4v) is 1.89. The topological polar surface area (TPSA) is 12.0 Å². The molecule has 0 aliphatic rings. The fraction of sp³-hybridized carbons (Fsp3) is 0.429. The van der Waals surface area contributed by atoms with Crippen LogP contribution in [0.1, 0.15) is 31.4 Å². The molecule has 18 heavy (non-hydrogen) atoms. The van der Waals surface area contributed by atoms with Gasteiger partial charge < -0.3 is 5.32 Å². The molecule has 100 valence electrons. The van der Waals surface area contributed by atoms with E-state index in [2.05, 4.69) is 12.2 Å². The van der Waals surface area contributed by atoms with Crippen LogP contribution in [-0.2, 0) is 6.18 Å². The summed E-state index contributed by atoms with van der Waals surface area (Å²) in [7, 11) is 1.87. The van der Waals surface area contributed by atoms with E-state index in [4.69, 9.17) is 0 Å². The molecule has 1 aromatic carbocycles. The van der Waals surface area contributed by atoms with Gasteiger partial charge in [0.2, 0.25) is 0 Å². The van der Waals surface area contributed by atoms with Crippen molar-refractivity contribution in [2.24, 2.45) is 0 Å². The van der Waals surface area contributed by atoms with Crippen LogP contribution in [0.25, 0.3) is 6.08 Å². The molecule has 0 bridgehead atoms. The first kappa shape index (κ1) is 14.8. The van der Waals surface area contributed by atoms with Crippen molar-refractivity contribution in [2.75, 3.05) is 7.05 Å². The number of hydrogen-bond acceptors (Lipinski definition) is 1. The van der Waals surface area contributed by atoms with Gasteiger partial charge in [-0.3, -0.25) is 0 Å². The summed E-state index contributed by atoms with van der Waals surface area (Å²) in [5.41, 5.74) is 1.28. The van der Waals surface area contributed by atoms with E-state index in [1.54, 1.807) is 0 Å². The molecule has 0 aliphatic heterocycles. The molecule has 0 saturated carbocycles. The van der Waals surface area contributed by atoms with Crippen molar-refractivity contribution in [3.05, 3.63) is 41.0 Å². The summed E-state index contributed by atoms with van der Waals surface area (Å²) < 4.78 is 37.2. The maximum absolute atomic E-state index is 12.4. The van der Waals surface area contributed by atoms with Gasteiger partial charge in [0.05, 0.1) is 5.56 Å². The molecule has 1 rings (SSSR count). The summed E-state index contributed by atoms with van der Waals surface area (Å²) in [6.45, 7) is 4.04. The van der Waals surface area contributed by atoms with Gasteiger partial charge in [-0.15, -0.1) is 0 Å². The quantitative estimate of drug-likeness (QED) is 0.856. The highest BCUT2D eigenvalue weighted by atomic mass is 19.4. The number of benzene rings is 1. The van der Waals surface area contributed by atoms with Crippen LogP contribution in [0.2, 0.25) is 0 Å². The predicted molar refractivity (Wildman–Crippen MR) is 68.2 cm³/mol. The largest absolute Gasteiger partial charge is 0.416 e. The lowest BCUT2D eigenvalue weighted by Gasteiger charge is -2.14. The molecule has 4 heteroatoms. The minimum absolute atomic E-state index is 0.257. The van der Waals surface area contributed by atoms with Gasteiger partial charge in [-0.2, -0.15) is 13.2 Å². The summed E-state index contributed by atoms with van der Waals surface area (Å²) >= 11 is 0. The molecule has 0 aliphatic carbocycles. The lowest BCUT2D eigenvalue weighted by Crippen LogP contribution is -2.25. The monoisotopic (exact) mass is 257 g/mol. The highest BCUT2D eigenvalue weighted by Gasteiger charge is 2.29. The Labute approximate surface area is 106 Å². The first-order valence-electron chi connectivity index (χ1n) is 5.91. The van der Waals surface area contributed by atoms with Crippen LogP contribution in [0.4, 0.5) is 13.2 Å². The average Bonchev–Trinajstić information content (AvgIpc) is 2.30. The highest BCUT2D eigenvalue weighted by Crippen LogP contribution is 2.29. The van der Waals surface area contributed by atoms with Crippen LogP contribution in [0, 0.1) is 0 Å². The van der Waals surface area contributed by atoms with E-state index in [-0.39, 0.29) is 6.04 Å². The zero-order chi connectivity index (χ0) is 13.8. The summed E-state index contributed by atoms with van der Waals surface area (Å²) in [6, 6.07) is 5.47. The predicted octanol–water partition coefficient (Wildman–Crippen LogP) is 4.11. The Kier molecular flexibility index (Phi) is 4.96. The molecule has 1 aromatic rings. The first-order valence-corrected chi connectivity index (χ1v) is 5.91. The zero-order valence-corrected chi connectivity index (χ0v) is 10.8. The Morgan fingerprint density at radius 2 is 1.83 bits per heavy atom. The molecular formula is C14H18F3N. The molecule has 0 spiro atoms. The van der Waals surface area contributed by atoms with Crippen LogP contribution in [0.5, 0.6) is 0 Å². The van der Waals surface area contributed by atoms with Gasteiger partial charge in [0.15, 0.2) is 0 Å². The summed E-state index contributed by atoms with van der Waals surface area (Å²) in [6.07, 6.45) is -1.42. The van der Waals surface area contributed by atoms with Gasteiger partial charge in [0.25, 0.3) is 0 Å². The number of nitrogens with one attached hydrogen (secondary N) is 1. The third-order valence-electron chi connectivity index (χ3n) is 2.94. The van der Waals surface area contributed by atoms with Crippen molar-refractivity contribution in [3.8, 4) is 0 Å². The average molecular weight is 257 g/mol. The maximum Gasteiger partial charge on any atom is 0.416 e.